The molecule has 190 valence electrons. The minimum absolute atomic E-state index is 0.0205. The molecule has 3 aromatic rings. The highest BCUT2D eigenvalue weighted by Gasteiger charge is 2.31. The van der Waals surface area contributed by atoms with Gasteiger partial charge >= 0.3 is 6.36 Å². The van der Waals surface area contributed by atoms with Gasteiger partial charge in [-0.3, -0.25) is 14.3 Å². The van der Waals surface area contributed by atoms with E-state index in [-0.39, 0.29) is 18.1 Å². The average molecular weight is 502 g/mol. The average Bonchev–Trinajstić information content (AvgIpc) is 3.14. The van der Waals surface area contributed by atoms with E-state index in [2.05, 4.69) is 15.2 Å². The van der Waals surface area contributed by atoms with Crippen LogP contribution >= 0.6 is 0 Å². The molecule has 1 aromatic heterocycles. The van der Waals surface area contributed by atoms with Crippen molar-refractivity contribution in [2.24, 2.45) is 0 Å². The molecule has 0 saturated carbocycles. The Hall–Kier alpha value is -4.02. The molecule has 0 bridgehead atoms. The molecule has 2 heterocycles. The number of piperazine rings is 1. The number of aryl methyl sites for hydroxylation is 2. The van der Waals surface area contributed by atoms with Crippen LogP contribution in [-0.2, 0) is 11.3 Å². The van der Waals surface area contributed by atoms with E-state index in [0.29, 0.717) is 37.4 Å². The van der Waals surface area contributed by atoms with Gasteiger partial charge in [0.25, 0.3) is 5.91 Å². The zero-order chi connectivity index (χ0) is 25.9. The normalized spacial score (nSPS) is 14.0. The number of benzene rings is 2. The summed E-state index contributed by atoms with van der Waals surface area (Å²) in [4.78, 5) is 29.6. The van der Waals surface area contributed by atoms with Crippen molar-refractivity contribution in [1.29, 1.82) is 0 Å². The van der Waals surface area contributed by atoms with E-state index in [0.717, 1.165) is 23.5 Å². The second-order valence-electron chi connectivity index (χ2n) is 8.50. The summed E-state index contributed by atoms with van der Waals surface area (Å²) in [6.07, 6.45) is -4.82. The Morgan fingerprint density at radius 3 is 2.39 bits per heavy atom. The van der Waals surface area contributed by atoms with E-state index in [1.807, 2.05) is 36.9 Å². The molecule has 2 amide bonds. The summed E-state index contributed by atoms with van der Waals surface area (Å²) >= 11 is 0. The summed E-state index contributed by atoms with van der Waals surface area (Å²) in [6, 6.07) is 14.0. The quantitative estimate of drug-likeness (QED) is 0.553. The van der Waals surface area contributed by atoms with Crippen LogP contribution in [0.3, 0.4) is 0 Å². The van der Waals surface area contributed by atoms with E-state index in [4.69, 9.17) is 0 Å². The van der Waals surface area contributed by atoms with Gasteiger partial charge in [0, 0.05) is 49.3 Å². The molecule has 0 radical (unpaired) electrons. The third-order valence-electron chi connectivity index (χ3n) is 5.84. The monoisotopic (exact) mass is 501 g/mol. The van der Waals surface area contributed by atoms with E-state index in [9.17, 15) is 22.8 Å². The number of halogens is 3. The van der Waals surface area contributed by atoms with Gasteiger partial charge in [-0.1, -0.05) is 18.2 Å². The molecule has 1 saturated heterocycles. The van der Waals surface area contributed by atoms with E-state index in [1.54, 1.807) is 21.7 Å². The minimum Gasteiger partial charge on any atom is -0.406 e. The molecular weight excluding hydrogens is 475 g/mol. The first-order valence-corrected chi connectivity index (χ1v) is 11.4. The Balaban J connectivity index is 1.40. The molecule has 1 aliphatic heterocycles. The Bertz CT molecular complexity index is 1250. The van der Waals surface area contributed by atoms with Crippen molar-refractivity contribution in [1.82, 2.24) is 14.7 Å². The number of para-hydroxylation sites is 1. The number of ether oxygens (including phenoxy) is 1. The van der Waals surface area contributed by atoms with Crippen molar-refractivity contribution in [2.75, 3.05) is 36.4 Å². The summed E-state index contributed by atoms with van der Waals surface area (Å²) < 4.78 is 43.2. The Morgan fingerprint density at radius 1 is 1.00 bits per heavy atom. The van der Waals surface area contributed by atoms with Gasteiger partial charge in [-0.25, -0.2) is 0 Å². The zero-order valence-corrected chi connectivity index (χ0v) is 19.9. The predicted octanol–water partition coefficient (Wildman–Crippen LogP) is 4.00. The molecule has 2 aromatic carbocycles. The number of anilines is 2. The number of alkyl halides is 3. The molecule has 0 spiro atoms. The van der Waals surface area contributed by atoms with Crippen molar-refractivity contribution >= 4 is 23.2 Å². The molecule has 36 heavy (non-hydrogen) atoms. The van der Waals surface area contributed by atoms with Crippen molar-refractivity contribution in [3.8, 4) is 5.75 Å². The summed E-state index contributed by atoms with van der Waals surface area (Å²) in [6.45, 7) is 6.01. The molecule has 0 atom stereocenters. The highest BCUT2D eigenvalue weighted by molar-refractivity contribution is 6.08. The topological polar surface area (TPSA) is 79.7 Å². The van der Waals surface area contributed by atoms with Crippen LogP contribution in [0.5, 0.6) is 5.75 Å². The molecule has 1 N–H and O–H groups in total. The van der Waals surface area contributed by atoms with Crippen LogP contribution < -0.4 is 15.0 Å². The molecule has 8 nitrogen and oxygen atoms in total. The smallest absolute Gasteiger partial charge is 0.406 e. The first-order chi connectivity index (χ1) is 17.1. The van der Waals surface area contributed by atoms with Crippen LogP contribution in [0.25, 0.3) is 0 Å². The largest absolute Gasteiger partial charge is 0.573 e. The number of hydrogen-bond donors (Lipinski definition) is 1. The van der Waals surface area contributed by atoms with Crippen LogP contribution in [-0.4, -0.2) is 59.0 Å². The van der Waals surface area contributed by atoms with Crippen molar-refractivity contribution in [3.05, 3.63) is 71.5 Å². The maximum Gasteiger partial charge on any atom is 0.573 e. The van der Waals surface area contributed by atoms with Gasteiger partial charge in [-0.05, 0) is 44.2 Å². The molecule has 0 aliphatic carbocycles. The van der Waals surface area contributed by atoms with Crippen molar-refractivity contribution in [3.63, 3.8) is 0 Å². The number of hydrogen-bond acceptors (Lipinski definition) is 5. The second kappa shape index (κ2) is 10.3. The molecule has 1 aliphatic rings. The van der Waals surface area contributed by atoms with Gasteiger partial charge in [0.15, 0.2) is 0 Å². The second-order valence-corrected chi connectivity index (χ2v) is 8.50. The summed E-state index contributed by atoms with van der Waals surface area (Å²) in [7, 11) is 0. The lowest BCUT2D eigenvalue weighted by Gasteiger charge is -2.37. The maximum atomic E-state index is 13.0. The summed E-state index contributed by atoms with van der Waals surface area (Å²) in [5, 5.41) is 6.98. The van der Waals surface area contributed by atoms with Gasteiger partial charge in [0.05, 0.1) is 11.3 Å². The summed E-state index contributed by atoms with van der Waals surface area (Å²) in [5.74, 6) is -0.902. The number of carbonyl (C=O) groups excluding carboxylic acids is 2. The SMILES string of the molecule is Cc1cc(C)n(CC(=O)N2CCN(c3ccccc3C(=O)Nc3cccc(OC(F)(F)F)c3)CC2)n1. The molecule has 11 heteroatoms. The molecule has 0 unspecified atom stereocenters. The first-order valence-electron chi connectivity index (χ1n) is 11.4. The van der Waals surface area contributed by atoms with Gasteiger partial charge in [-0.15, -0.1) is 13.2 Å². The Labute approximate surface area is 206 Å². The lowest BCUT2D eigenvalue weighted by atomic mass is 10.1. The van der Waals surface area contributed by atoms with Crippen molar-refractivity contribution < 1.29 is 27.5 Å². The van der Waals surface area contributed by atoms with Crippen LogP contribution in [0.4, 0.5) is 24.5 Å². The van der Waals surface area contributed by atoms with Crippen LogP contribution in [0.15, 0.2) is 54.6 Å². The highest BCUT2D eigenvalue weighted by Crippen LogP contribution is 2.27. The Morgan fingerprint density at radius 2 is 1.72 bits per heavy atom. The fourth-order valence-corrected chi connectivity index (χ4v) is 4.17. The van der Waals surface area contributed by atoms with Crippen LogP contribution in [0.2, 0.25) is 0 Å². The molecule has 1 fully saturated rings. The first kappa shape index (κ1) is 25.1. The molecule has 4 rings (SSSR count). The maximum absolute atomic E-state index is 13.0. The number of amides is 2. The lowest BCUT2D eigenvalue weighted by molar-refractivity contribution is -0.274. The zero-order valence-electron chi connectivity index (χ0n) is 19.9. The van der Waals surface area contributed by atoms with Gasteiger partial charge < -0.3 is 19.9 Å². The number of nitrogens with zero attached hydrogens (tertiary/aromatic N) is 4. The molecular formula is C25H26F3N5O3. The lowest BCUT2D eigenvalue weighted by Crippen LogP contribution is -2.50. The number of nitrogens with one attached hydrogen (secondary N) is 1. The standard InChI is InChI=1S/C25H26F3N5O3/c1-17-14-18(2)33(30-17)16-23(34)32-12-10-31(11-13-32)22-9-4-3-8-21(22)24(35)29-19-6-5-7-20(15-19)36-25(26,27)28/h3-9,14-15H,10-13,16H2,1-2H3,(H,29,35). The highest BCUT2D eigenvalue weighted by atomic mass is 19.4. The number of rotatable bonds is 6. The predicted molar refractivity (Wildman–Crippen MR) is 128 cm³/mol. The van der Waals surface area contributed by atoms with E-state index >= 15 is 0 Å². The fourth-order valence-electron chi connectivity index (χ4n) is 4.17. The Kier molecular flexibility index (Phi) is 7.18. The van der Waals surface area contributed by atoms with E-state index < -0.39 is 18.0 Å². The fraction of sp³-hybridized carbons (Fsp3) is 0.320. The van der Waals surface area contributed by atoms with Crippen LogP contribution in [0.1, 0.15) is 21.7 Å². The van der Waals surface area contributed by atoms with Gasteiger partial charge in [0.2, 0.25) is 5.91 Å². The van der Waals surface area contributed by atoms with Gasteiger partial charge in [-0.2, -0.15) is 5.10 Å². The third kappa shape index (κ3) is 6.15. The van der Waals surface area contributed by atoms with Gasteiger partial charge in [0.1, 0.15) is 12.3 Å². The minimum atomic E-state index is -4.82. The third-order valence-corrected chi connectivity index (χ3v) is 5.84. The summed E-state index contributed by atoms with van der Waals surface area (Å²) in [5.41, 5.74) is 3.02. The van der Waals surface area contributed by atoms with Crippen LogP contribution in [0, 0.1) is 13.8 Å². The number of aromatic nitrogens is 2. The number of carbonyl (C=O) groups is 2. The van der Waals surface area contributed by atoms with E-state index in [1.165, 1.54) is 12.1 Å². The van der Waals surface area contributed by atoms with Crippen molar-refractivity contribution in [2.45, 2.75) is 26.8 Å².